The molecule has 3 rings (SSSR count). The molecule has 22 heavy (non-hydrogen) atoms. The normalized spacial score (nSPS) is 15.8. The third kappa shape index (κ3) is 3.48. The number of H-pyrrole nitrogens is 1. The molecule has 0 unspecified atom stereocenters. The number of carbonyl (C=O) groups is 1. The first kappa shape index (κ1) is 15.1. The van der Waals surface area contributed by atoms with Crippen LogP contribution in [0.25, 0.3) is 0 Å². The van der Waals surface area contributed by atoms with Gasteiger partial charge in [0.05, 0.1) is 0 Å². The number of nitrogens with one attached hydrogen (secondary N) is 2. The van der Waals surface area contributed by atoms with Crippen molar-refractivity contribution in [3.63, 3.8) is 0 Å². The van der Waals surface area contributed by atoms with Gasteiger partial charge in [-0.05, 0) is 47.2 Å². The molecule has 1 aromatic heterocycles. The van der Waals surface area contributed by atoms with Crippen molar-refractivity contribution >= 4 is 33.3 Å². The molecular weight excluding hydrogens is 346 g/mol. The Labute approximate surface area is 137 Å². The van der Waals surface area contributed by atoms with Gasteiger partial charge in [0.15, 0.2) is 5.82 Å². The number of amides is 1. The number of hydrogen-bond acceptors (Lipinski definition) is 4. The summed E-state index contributed by atoms with van der Waals surface area (Å²) in [6, 6.07) is 9.42. The van der Waals surface area contributed by atoms with E-state index in [9.17, 15) is 4.79 Å². The summed E-state index contributed by atoms with van der Waals surface area (Å²) >= 11 is 3.26. The second kappa shape index (κ2) is 6.50. The van der Waals surface area contributed by atoms with Gasteiger partial charge in [-0.3, -0.25) is 9.89 Å². The summed E-state index contributed by atoms with van der Waals surface area (Å²) in [6.45, 7) is 4.17. The van der Waals surface area contributed by atoms with Crippen molar-refractivity contribution in [2.45, 2.75) is 0 Å². The molecule has 6 nitrogen and oxygen atoms in total. The molecule has 2 N–H and O–H groups in total. The van der Waals surface area contributed by atoms with E-state index in [1.165, 1.54) is 0 Å². The number of benzene rings is 1. The number of hydrogen-bond donors (Lipinski definition) is 2. The van der Waals surface area contributed by atoms with Gasteiger partial charge in [0.1, 0.15) is 4.60 Å². The predicted octanol–water partition coefficient (Wildman–Crippen LogP) is 2.18. The number of anilines is 2. The third-order valence-electron chi connectivity index (χ3n) is 3.79. The van der Waals surface area contributed by atoms with E-state index in [1.54, 1.807) is 6.07 Å². The second-order valence-corrected chi connectivity index (χ2v) is 6.25. The molecule has 0 saturated carbocycles. The molecule has 1 amide bonds. The van der Waals surface area contributed by atoms with E-state index in [2.05, 4.69) is 48.3 Å². The van der Waals surface area contributed by atoms with E-state index >= 15 is 0 Å². The predicted molar refractivity (Wildman–Crippen MR) is 90.4 cm³/mol. The lowest BCUT2D eigenvalue weighted by atomic mass is 10.1. The van der Waals surface area contributed by atoms with Crippen LogP contribution in [0.1, 0.15) is 10.4 Å². The number of halogens is 1. The van der Waals surface area contributed by atoms with Gasteiger partial charge in [0.2, 0.25) is 0 Å². The number of aromatic amines is 1. The van der Waals surface area contributed by atoms with E-state index in [4.69, 9.17) is 0 Å². The van der Waals surface area contributed by atoms with Crippen LogP contribution >= 0.6 is 15.9 Å². The number of nitrogens with zero attached hydrogens (tertiary/aromatic N) is 3. The fourth-order valence-electron chi connectivity index (χ4n) is 2.44. The molecule has 1 saturated heterocycles. The molecule has 116 valence electrons. The van der Waals surface area contributed by atoms with Crippen molar-refractivity contribution in [1.29, 1.82) is 0 Å². The first-order chi connectivity index (χ1) is 10.6. The maximum absolute atomic E-state index is 12.2. The number of likely N-dealkylation sites (N-methyl/N-ethyl adjacent to an activating group) is 1. The van der Waals surface area contributed by atoms with Crippen molar-refractivity contribution in [2.24, 2.45) is 0 Å². The zero-order valence-electron chi connectivity index (χ0n) is 12.3. The van der Waals surface area contributed by atoms with Crippen molar-refractivity contribution < 1.29 is 4.79 Å². The van der Waals surface area contributed by atoms with Gasteiger partial charge in [-0.1, -0.05) is 0 Å². The lowest BCUT2D eigenvalue weighted by Crippen LogP contribution is -2.44. The van der Waals surface area contributed by atoms with Gasteiger partial charge in [-0.25, -0.2) is 0 Å². The Morgan fingerprint density at radius 3 is 2.50 bits per heavy atom. The molecule has 1 aromatic carbocycles. The third-order valence-corrected chi connectivity index (χ3v) is 4.19. The minimum absolute atomic E-state index is 0.163. The summed E-state index contributed by atoms with van der Waals surface area (Å²) in [7, 11) is 2.14. The van der Waals surface area contributed by atoms with Gasteiger partial charge in [-0.15, -0.1) is 0 Å². The highest BCUT2D eigenvalue weighted by molar-refractivity contribution is 9.10. The quantitative estimate of drug-likeness (QED) is 0.876. The highest BCUT2D eigenvalue weighted by Crippen LogP contribution is 2.18. The minimum Gasteiger partial charge on any atom is -0.369 e. The lowest BCUT2D eigenvalue weighted by molar-refractivity contribution is 0.102. The standard InChI is InChI=1S/C15H18BrN5O/c1-20-6-8-21(9-7-20)12-4-2-11(3-5-12)15(22)17-14-10-13(16)18-19-14/h2-5,10H,6-9H2,1H3,(H2,17,18,19,22). The van der Waals surface area contributed by atoms with Gasteiger partial charge in [-0.2, -0.15) is 5.10 Å². The summed E-state index contributed by atoms with van der Waals surface area (Å²) in [5.41, 5.74) is 1.78. The monoisotopic (exact) mass is 363 g/mol. The molecule has 0 bridgehead atoms. The number of carbonyl (C=O) groups excluding carboxylic acids is 1. The van der Waals surface area contributed by atoms with Crippen LogP contribution in [0.3, 0.4) is 0 Å². The Morgan fingerprint density at radius 1 is 1.23 bits per heavy atom. The molecule has 1 aliphatic rings. The largest absolute Gasteiger partial charge is 0.369 e. The Morgan fingerprint density at radius 2 is 1.91 bits per heavy atom. The van der Waals surface area contributed by atoms with Crippen LogP contribution in [0.2, 0.25) is 0 Å². The van der Waals surface area contributed by atoms with Gasteiger partial charge in [0.25, 0.3) is 5.91 Å². The Hall–Kier alpha value is -1.86. The van der Waals surface area contributed by atoms with Crippen molar-refractivity contribution in [3.8, 4) is 0 Å². The average Bonchev–Trinajstić information content (AvgIpc) is 2.93. The lowest BCUT2D eigenvalue weighted by Gasteiger charge is -2.34. The molecular formula is C15H18BrN5O. The summed E-state index contributed by atoms with van der Waals surface area (Å²) in [4.78, 5) is 16.8. The van der Waals surface area contributed by atoms with Crippen LogP contribution in [-0.2, 0) is 0 Å². The van der Waals surface area contributed by atoms with Crippen LogP contribution in [-0.4, -0.2) is 54.2 Å². The summed E-state index contributed by atoms with van der Waals surface area (Å²) in [5, 5.41) is 9.44. The molecule has 2 heterocycles. The molecule has 1 fully saturated rings. The maximum atomic E-state index is 12.2. The molecule has 0 radical (unpaired) electrons. The first-order valence-electron chi connectivity index (χ1n) is 7.17. The summed E-state index contributed by atoms with van der Waals surface area (Å²) < 4.78 is 0.730. The van der Waals surface area contributed by atoms with Crippen molar-refractivity contribution in [1.82, 2.24) is 15.1 Å². The van der Waals surface area contributed by atoms with E-state index in [-0.39, 0.29) is 5.91 Å². The summed E-state index contributed by atoms with van der Waals surface area (Å²) in [6.07, 6.45) is 0. The van der Waals surface area contributed by atoms with Crippen LogP contribution < -0.4 is 10.2 Å². The van der Waals surface area contributed by atoms with Crippen LogP contribution in [0.4, 0.5) is 11.5 Å². The zero-order chi connectivity index (χ0) is 15.5. The van der Waals surface area contributed by atoms with Crippen LogP contribution in [0.5, 0.6) is 0 Å². The van der Waals surface area contributed by atoms with Crippen LogP contribution in [0.15, 0.2) is 34.9 Å². The topological polar surface area (TPSA) is 64.3 Å². The molecule has 0 atom stereocenters. The maximum Gasteiger partial charge on any atom is 0.256 e. The van der Waals surface area contributed by atoms with Gasteiger partial charge in [0, 0.05) is 43.5 Å². The van der Waals surface area contributed by atoms with E-state index in [0.717, 1.165) is 36.5 Å². The Kier molecular flexibility index (Phi) is 4.44. The van der Waals surface area contributed by atoms with E-state index < -0.39 is 0 Å². The average molecular weight is 364 g/mol. The van der Waals surface area contributed by atoms with Gasteiger partial charge < -0.3 is 15.1 Å². The number of aromatic nitrogens is 2. The Bertz CT molecular complexity index is 646. The van der Waals surface area contributed by atoms with Gasteiger partial charge >= 0.3 is 0 Å². The fourth-order valence-corrected chi connectivity index (χ4v) is 2.74. The number of piperazine rings is 1. The fraction of sp³-hybridized carbons (Fsp3) is 0.333. The van der Waals surface area contributed by atoms with Crippen molar-refractivity contribution in [2.75, 3.05) is 43.4 Å². The SMILES string of the molecule is CN1CCN(c2ccc(C(=O)Nc3cc(Br)[nH]n3)cc2)CC1. The first-order valence-corrected chi connectivity index (χ1v) is 7.97. The number of rotatable bonds is 3. The molecule has 2 aromatic rings. The minimum atomic E-state index is -0.163. The highest BCUT2D eigenvalue weighted by atomic mass is 79.9. The summed E-state index contributed by atoms with van der Waals surface area (Å²) in [5.74, 6) is 0.337. The zero-order valence-corrected chi connectivity index (χ0v) is 13.9. The molecule has 0 aliphatic carbocycles. The second-order valence-electron chi connectivity index (χ2n) is 5.39. The molecule has 1 aliphatic heterocycles. The van der Waals surface area contributed by atoms with E-state index in [1.807, 2.05) is 24.3 Å². The Balaban J connectivity index is 1.64. The van der Waals surface area contributed by atoms with E-state index in [0.29, 0.717) is 11.4 Å². The van der Waals surface area contributed by atoms with Crippen molar-refractivity contribution in [3.05, 3.63) is 40.5 Å². The van der Waals surface area contributed by atoms with Crippen LogP contribution in [0, 0.1) is 0 Å². The highest BCUT2D eigenvalue weighted by Gasteiger charge is 2.15. The molecule has 0 spiro atoms. The molecule has 7 heteroatoms. The smallest absolute Gasteiger partial charge is 0.256 e.